The quantitative estimate of drug-likeness (QED) is 0.780. The van der Waals surface area contributed by atoms with E-state index in [-0.39, 0.29) is 6.04 Å². The molecular weight excluding hydrogens is 338 g/mol. The van der Waals surface area contributed by atoms with E-state index in [1.165, 1.54) is 12.8 Å². The lowest BCUT2D eigenvalue weighted by Gasteiger charge is -2.44. The van der Waals surface area contributed by atoms with Crippen molar-refractivity contribution in [2.45, 2.75) is 50.8 Å². The molecule has 27 heavy (non-hydrogen) atoms. The normalized spacial score (nSPS) is 22.9. The van der Waals surface area contributed by atoms with E-state index < -0.39 is 0 Å². The van der Waals surface area contributed by atoms with Crippen LogP contribution in [0.4, 0.5) is 0 Å². The standard InChI is InChI=1S/C23H27NO3/c1-26-22-11-10-18(13-23(22)27-16-17-7-3-2-4-8-17)21-15-20(25)14-19-9-5-6-12-24(19)21/h2-4,7-8,10-11,13,19,21H,5-6,9,12,14-16H2,1H3/t19-,21+/m1/s1. The number of Topliss-reactive ketones (excluding diaryl/α,β-unsaturated/α-hetero) is 1. The van der Waals surface area contributed by atoms with Crippen molar-refractivity contribution in [2.24, 2.45) is 0 Å². The molecule has 0 spiro atoms. The number of piperidine rings is 2. The summed E-state index contributed by atoms with van der Waals surface area (Å²) in [6, 6.07) is 16.8. The molecule has 0 radical (unpaired) electrons. The maximum absolute atomic E-state index is 12.3. The molecule has 4 nitrogen and oxygen atoms in total. The SMILES string of the molecule is COc1ccc([C@@H]2CC(=O)C[C@H]3CCCCN32)cc1OCc1ccccc1. The Morgan fingerprint density at radius 1 is 1.04 bits per heavy atom. The van der Waals surface area contributed by atoms with Gasteiger partial charge in [0.1, 0.15) is 12.4 Å². The Labute approximate surface area is 161 Å². The van der Waals surface area contributed by atoms with Crippen molar-refractivity contribution in [1.29, 1.82) is 0 Å². The van der Waals surface area contributed by atoms with Crippen LogP contribution in [0, 0.1) is 0 Å². The van der Waals surface area contributed by atoms with Crippen molar-refractivity contribution in [3.05, 3.63) is 59.7 Å². The maximum Gasteiger partial charge on any atom is 0.161 e. The molecule has 0 bridgehead atoms. The number of rotatable bonds is 5. The number of ether oxygens (including phenoxy) is 2. The molecule has 2 heterocycles. The first-order chi connectivity index (χ1) is 13.2. The number of hydrogen-bond donors (Lipinski definition) is 0. The van der Waals surface area contributed by atoms with Gasteiger partial charge < -0.3 is 9.47 Å². The first-order valence-electron chi connectivity index (χ1n) is 9.86. The fourth-order valence-corrected chi connectivity index (χ4v) is 4.39. The van der Waals surface area contributed by atoms with Crippen LogP contribution in [0.3, 0.4) is 0 Å². The van der Waals surface area contributed by atoms with Gasteiger partial charge in [0.15, 0.2) is 11.5 Å². The van der Waals surface area contributed by atoms with Gasteiger partial charge in [-0.05, 0) is 42.6 Å². The van der Waals surface area contributed by atoms with Gasteiger partial charge in [-0.1, -0.05) is 42.8 Å². The number of ketones is 1. The van der Waals surface area contributed by atoms with E-state index >= 15 is 0 Å². The zero-order valence-electron chi connectivity index (χ0n) is 15.9. The molecule has 2 aliphatic heterocycles. The van der Waals surface area contributed by atoms with Gasteiger partial charge in [0.05, 0.1) is 7.11 Å². The third kappa shape index (κ3) is 4.01. The van der Waals surface area contributed by atoms with Crippen LogP contribution in [-0.4, -0.2) is 30.4 Å². The number of carbonyl (C=O) groups is 1. The highest BCUT2D eigenvalue weighted by Crippen LogP contribution is 2.40. The Kier molecular flexibility index (Phi) is 5.44. The maximum atomic E-state index is 12.3. The minimum Gasteiger partial charge on any atom is -0.493 e. The van der Waals surface area contributed by atoms with Crippen LogP contribution in [-0.2, 0) is 11.4 Å². The summed E-state index contributed by atoms with van der Waals surface area (Å²) in [6.07, 6.45) is 4.89. The van der Waals surface area contributed by atoms with Crippen molar-refractivity contribution in [2.75, 3.05) is 13.7 Å². The zero-order valence-corrected chi connectivity index (χ0v) is 15.9. The van der Waals surface area contributed by atoms with Crippen molar-refractivity contribution in [1.82, 2.24) is 4.90 Å². The number of carbonyl (C=O) groups excluding carboxylic acids is 1. The smallest absolute Gasteiger partial charge is 0.161 e. The number of nitrogens with zero attached hydrogens (tertiary/aromatic N) is 1. The molecule has 0 amide bonds. The fraction of sp³-hybridized carbons (Fsp3) is 0.435. The summed E-state index contributed by atoms with van der Waals surface area (Å²) < 4.78 is 11.6. The average molecular weight is 365 g/mol. The zero-order chi connectivity index (χ0) is 18.6. The molecule has 0 N–H and O–H groups in total. The minimum absolute atomic E-state index is 0.154. The molecule has 2 atom stereocenters. The predicted molar refractivity (Wildman–Crippen MR) is 105 cm³/mol. The Hall–Kier alpha value is -2.33. The highest BCUT2D eigenvalue weighted by atomic mass is 16.5. The molecule has 2 aliphatic rings. The number of fused-ring (bicyclic) bond motifs is 1. The van der Waals surface area contributed by atoms with E-state index in [0.717, 1.165) is 35.6 Å². The Morgan fingerprint density at radius 3 is 2.70 bits per heavy atom. The van der Waals surface area contributed by atoms with Gasteiger partial charge in [0, 0.05) is 24.9 Å². The largest absolute Gasteiger partial charge is 0.493 e. The molecule has 4 heteroatoms. The van der Waals surface area contributed by atoms with E-state index in [1.807, 2.05) is 24.3 Å². The fourth-order valence-electron chi connectivity index (χ4n) is 4.39. The van der Waals surface area contributed by atoms with Gasteiger partial charge in [0.25, 0.3) is 0 Å². The summed E-state index contributed by atoms with van der Waals surface area (Å²) in [5, 5.41) is 0. The molecule has 2 aromatic carbocycles. The molecule has 4 rings (SSSR count). The van der Waals surface area contributed by atoms with E-state index in [4.69, 9.17) is 9.47 Å². The summed E-state index contributed by atoms with van der Waals surface area (Å²) in [5.74, 6) is 1.85. The van der Waals surface area contributed by atoms with Crippen molar-refractivity contribution in [3.63, 3.8) is 0 Å². The molecule has 0 unspecified atom stereocenters. The second-order valence-electron chi connectivity index (χ2n) is 7.53. The molecule has 2 saturated heterocycles. The lowest BCUT2D eigenvalue weighted by Crippen LogP contribution is -2.47. The monoisotopic (exact) mass is 365 g/mol. The Morgan fingerprint density at radius 2 is 1.89 bits per heavy atom. The third-order valence-corrected chi connectivity index (χ3v) is 5.77. The van der Waals surface area contributed by atoms with Crippen molar-refractivity contribution in [3.8, 4) is 11.5 Å². The highest BCUT2D eigenvalue weighted by Gasteiger charge is 2.37. The molecule has 0 aliphatic carbocycles. The molecule has 2 fully saturated rings. The van der Waals surface area contributed by atoms with Crippen LogP contribution in [0.5, 0.6) is 11.5 Å². The third-order valence-electron chi connectivity index (χ3n) is 5.77. The topological polar surface area (TPSA) is 38.8 Å². The first kappa shape index (κ1) is 18.1. The molecular formula is C23H27NO3. The highest BCUT2D eigenvalue weighted by molar-refractivity contribution is 5.80. The number of methoxy groups -OCH3 is 1. The number of benzene rings is 2. The Balaban J connectivity index is 1.58. The average Bonchev–Trinajstić information content (AvgIpc) is 2.72. The van der Waals surface area contributed by atoms with E-state index in [9.17, 15) is 4.79 Å². The summed E-state index contributed by atoms with van der Waals surface area (Å²) in [4.78, 5) is 14.9. The van der Waals surface area contributed by atoms with Crippen molar-refractivity contribution >= 4 is 5.78 Å². The van der Waals surface area contributed by atoms with Crippen LogP contribution in [0.2, 0.25) is 0 Å². The van der Waals surface area contributed by atoms with Crippen LogP contribution < -0.4 is 9.47 Å². The van der Waals surface area contributed by atoms with Gasteiger partial charge >= 0.3 is 0 Å². The Bertz CT molecular complexity index is 789. The van der Waals surface area contributed by atoms with E-state index in [0.29, 0.717) is 31.3 Å². The van der Waals surface area contributed by atoms with Gasteiger partial charge in [-0.15, -0.1) is 0 Å². The van der Waals surface area contributed by atoms with Crippen molar-refractivity contribution < 1.29 is 14.3 Å². The lowest BCUT2D eigenvalue weighted by molar-refractivity contribution is -0.126. The van der Waals surface area contributed by atoms with Gasteiger partial charge in [0.2, 0.25) is 0 Å². The number of hydrogen-bond acceptors (Lipinski definition) is 4. The van der Waals surface area contributed by atoms with E-state index in [1.54, 1.807) is 7.11 Å². The van der Waals surface area contributed by atoms with Crippen LogP contribution in [0.15, 0.2) is 48.5 Å². The lowest BCUT2D eigenvalue weighted by atomic mass is 9.85. The summed E-state index contributed by atoms with van der Waals surface area (Å²) in [7, 11) is 1.66. The second kappa shape index (κ2) is 8.13. The summed E-state index contributed by atoms with van der Waals surface area (Å²) in [6.45, 7) is 1.57. The van der Waals surface area contributed by atoms with Crippen LogP contribution in [0.1, 0.15) is 49.3 Å². The summed E-state index contributed by atoms with van der Waals surface area (Å²) >= 11 is 0. The molecule has 2 aromatic rings. The molecule has 0 saturated carbocycles. The first-order valence-corrected chi connectivity index (χ1v) is 9.86. The molecule has 0 aromatic heterocycles. The van der Waals surface area contributed by atoms with Gasteiger partial charge in [-0.3, -0.25) is 9.69 Å². The van der Waals surface area contributed by atoms with Gasteiger partial charge in [-0.25, -0.2) is 0 Å². The van der Waals surface area contributed by atoms with E-state index in [2.05, 4.69) is 29.2 Å². The second-order valence-corrected chi connectivity index (χ2v) is 7.53. The van der Waals surface area contributed by atoms with Gasteiger partial charge in [-0.2, -0.15) is 0 Å². The van der Waals surface area contributed by atoms with Crippen LogP contribution >= 0.6 is 0 Å². The van der Waals surface area contributed by atoms with Crippen LogP contribution in [0.25, 0.3) is 0 Å². The molecule has 142 valence electrons. The minimum atomic E-state index is 0.154. The predicted octanol–water partition coefficient (Wildman–Crippen LogP) is 4.53. The summed E-state index contributed by atoms with van der Waals surface area (Å²) in [5.41, 5.74) is 2.27.